The lowest BCUT2D eigenvalue weighted by atomic mass is 10.0. The van der Waals surface area contributed by atoms with Gasteiger partial charge in [-0.2, -0.15) is 19.6 Å². The molecule has 4 heterocycles. The Balaban J connectivity index is 1.57. The molecular formula is C24H28N8O3S. The van der Waals surface area contributed by atoms with Crippen molar-refractivity contribution in [2.75, 3.05) is 42.7 Å². The Morgan fingerprint density at radius 3 is 2.53 bits per heavy atom. The third-order valence-electron chi connectivity index (χ3n) is 6.46. The number of nitrogens with one attached hydrogen (secondary N) is 1. The standard InChI is InChI=1S/C24H28N8O3S/c1-15-6-5-7-18-14-19(22(28-21(15)18)31-12-10-30(11-13-31)17(3)33)16(2)26-23-29-24(36(4,34)35)27-20-8-9-25-32(20)23/h5-9,14,16H,10-13H2,1-4H3,(H,26,27,29). The summed E-state index contributed by atoms with van der Waals surface area (Å²) in [6.45, 7) is 8.19. The molecule has 3 aromatic heterocycles. The number of aromatic nitrogens is 5. The Morgan fingerprint density at radius 2 is 1.83 bits per heavy atom. The summed E-state index contributed by atoms with van der Waals surface area (Å²) in [7, 11) is -3.62. The number of rotatable bonds is 5. The Kier molecular flexibility index (Phi) is 5.99. The van der Waals surface area contributed by atoms with Crippen molar-refractivity contribution in [1.29, 1.82) is 0 Å². The zero-order valence-electron chi connectivity index (χ0n) is 20.6. The Bertz CT molecular complexity index is 1580. The van der Waals surface area contributed by atoms with E-state index in [1.165, 1.54) is 4.52 Å². The topological polar surface area (TPSA) is 126 Å². The van der Waals surface area contributed by atoms with Crippen LogP contribution in [0.25, 0.3) is 16.6 Å². The number of amides is 1. The molecule has 1 N–H and O–H groups in total. The number of hydrogen-bond acceptors (Lipinski definition) is 9. The van der Waals surface area contributed by atoms with Crippen molar-refractivity contribution in [2.45, 2.75) is 32.0 Å². The molecule has 12 heteroatoms. The fraction of sp³-hybridized carbons (Fsp3) is 0.375. The maximum atomic E-state index is 12.2. The summed E-state index contributed by atoms with van der Waals surface area (Å²) < 4.78 is 25.9. The van der Waals surface area contributed by atoms with Crippen LogP contribution in [0.4, 0.5) is 11.8 Å². The van der Waals surface area contributed by atoms with Crippen molar-refractivity contribution >= 4 is 44.1 Å². The predicted molar refractivity (Wildman–Crippen MR) is 137 cm³/mol. The second-order valence-electron chi connectivity index (χ2n) is 9.11. The lowest BCUT2D eigenvalue weighted by molar-refractivity contribution is -0.129. The molecule has 0 saturated carbocycles. The number of sulfone groups is 1. The van der Waals surface area contributed by atoms with E-state index >= 15 is 0 Å². The van der Waals surface area contributed by atoms with Crippen LogP contribution in [-0.2, 0) is 14.6 Å². The highest BCUT2D eigenvalue weighted by Crippen LogP contribution is 2.32. The molecule has 0 bridgehead atoms. The number of piperazine rings is 1. The van der Waals surface area contributed by atoms with E-state index in [-0.39, 0.29) is 23.1 Å². The molecular weight excluding hydrogens is 480 g/mol. The Morgan fingerprint density at radius 1 is 1.08 bits per heavy atom. The molecule has 11 nitrogen and oxygen atoms in total. The number of carbonyl (C=O) groups is 1. The molecule has 36 heavy (non-hydrogen) atoms. The van der Waals surface area contributed by atoms with E-state index in [1.807, 2.05) is 36.9 Å². The molecule has 1 amide bonds. The number of benzene rings is 1. The Labute approximate surface area is 209 Å². The first kappa shape index (κ1) is 23.9. The molecule has 0 spiro atoms. The number of nitrogens with zero attached hydrogens (tertiary/aromatic N) is 7. The van der Waals surface area contributed by atoms with Crippen LogP contribution in [0.15, 0.2) is 41.7 Å². The minimum Gasteiger partial charge on any atom is -0.353 e. The number of pyridine rings is 1. The molecule has 1 aliphatic heterocycles. The average molecular weight is 509 g/mol. The maximum Gasteiger partial charge on any atom is 0.252 e. The number of aryl methyl sites for hydroxylation is 1. The molecule has 1 aliphatic rings. The lowest BCUT2D eigenvalue weighted by Gasteiger charge is -2.36. The van der Waals surface area contributed by atoms with Gasteiger partial charge in [-0.25, -0.2) is 13.4 Å². The normalized spacial score (nSPS) is 15.4. The van der Waals surface area contributed by atoms with E-state index in [0.717, 1.165) is 34.1 Å². The molecule has 1 fully saturated rings. The highest BCUT2D eigenvalue weighted by molar-refractivity contribution is 7.90. The summed E-state index contributed by atoms with van der Waals surface area (Å²) in [6, 6.07) is 9.52. The number of anilines is 2. The van der Waals surface area contributed by atoms with Gasteiger partial charge >= 0.3 is 0 Å². The van der Waals surface area contributed by atoms with Crippen molar-refractivity contribution in [3.8, 4) is 0 Å². The summed E-state index contributed by atoms with van der Waals surface area (Å²) >= 11 is 0. The molecule has 0 aliphatic carbocycles. The highest BCUT2D eigenvalue weighted by Gasteiger charge is 2.25. The van der Waals surface area contributed by atoms with Crippen molar-refractivity contribution in [3.63, 3.8) is 0 Å². The van der Waals surface area contributed by atoms with Crippen molar-refractivity contribution in [2.24, 2.45) is 0 Å². The van der Waals surface area contributed by atoms with Crippen LogP contribution >= 0.6 is 0 Å². The van der Waals surface area contributed by atoms with Gasteiger partial charge in [0.15, 0.2) is 5.65 Å². The first-order valence-electron chi connectivity index (χ1n) is 11.7. The smallest absolute Gasteiger partial charge is 0.252 e. The van der Waals surface area contributed by atoms with Gasteiger partial charge in [0.05, 0.1) is 17.8 Å². The third kappa shape index (κ3) is 4.43. The summed E-state index contributed by atoms with van der Waals surface area (Å²) in [6.07, 6.45) is 2.63. The van der Waals surface area contributed by atoms with E-state index < -0.39 is 9.84 Å². The molecule has 1 unspecified atom stereocenters. The monoisotopic (exact) mass is 508 g/mol. The molecule has 1 aromatic carbocycles. The van der Waals surface area contributed by atoms with E-state index in [9.17, 15) is 13.2 Å². The number of hydrogen-bond donors (Lipinski definition) is 1. The van der Waals surface area contributed by atoms with Crippen molar-refractivity contribution in [3.05, 3.63) is 47.7 Å². The summed E-state index contributed by atoms with van der Waals surface area (Å²) in [5.74, 6) is 1.17. The molecule has 1 saturated heterocycles. The van der Waals surface area contributed by atoms with Gasteiger partial charge in [0.1, 0.15) is 5.82 Å². The number of fused-ring (bicyclic) bond motifs is 2. The summed E-state index contributed by atoms with van der Waals surface area (Å²) in [5.41, 5.74) is 3.32. The minimum absolute atomic E-state index is 0.0703. The number of para-hydroxylation sites is 1. The van der Waals surface area contributed by atoms with Gasteiger partial charge in [0.25, 0.3) is 5.16 Å². The van der Waals surface area contributed by atoms with Crippen molar-refractivity contribution in [1.82, 2.24) is 29.5 Å². The van der Waals surface area contributed by atoms with Crippen LogP contribution in [0.1, 0.15) is 31.0 Å². The largest absolute Gasteiger partial charge is 0.353 e. The first-order valence-corrected chi connectivity index (χ1v) is 13.6. The van der Waals surface area contributed by atoms with Crippen LogP contribution in [0, 0.1) is 6.92 Å². The SMILES string of the molecule is CC(=O)N1CCN(c2nc3c(C)cccc3cc2C(C)Nc2nc(S(C)(=O)=O)nc3ccnn23)CC1. The molecule has 4 aromatic rings. The van der Waals surface area contributed by atoms with E-state index in [2.05, 4.69) is 31.3 Å². The zero-order chi connectivity index (χ0) is 25.6. The molecule has 188 valence electrons. The fourth-order valence-electron chi connectivity index (χ4n) is 4.49. The van der Waals surface area contributed by atoms with Gasteiger partial charge in [-0.05, 0) is 25.5 Å². The summed E-state index contributed by atoms with van der Waals surface area (Å²) in [4.78, 5) is 29.3. The Hall–Kier alpha value is -3.80. The van der Waals surface area contributed by atoms with Gasteiger partial charge < -0.3 is 15.1 Å². The second-order valence-corrected chi connectivity index (χ2v) is 11.0. The van der Waals surface area contributed by atoms with Crippen LogP contribution < -0.4 is 10.2 Å². The lowest BCUT2D eigenvalue weighted by Crippen LogP contribution is -2.48. The van der Waals surface area contributed by atoms with Crippen LogP contribution in [0.3, 0.4) is 0 Å². The first-order chi connectivity index (χ1) is 17.1. The van der Waals surface area contributed by atoms with E-state index in [4.69, 9.17) is 4.98 Å². The van der Waals surface area contributed by atoms with Gasteiger partial charge in [-0.15, -0.1) is 0 Å². The maximum absolute atomic E-state index is 12.2. The van der Waals surface area contributed by atoms with Gasteiger partial charge in [0.2, 0.25) is 21.7 Å². The summed E-state index contributed by atoms with van der Waals surface area (Å²) in [5, 5.41) is 8.34. The predicted octanol–water partition coefficient (Wildman–Crippen LogP) is 2.23. The molecule has 5 rings (SSSR count). The number of carbonyl (C=O) groups excluding carboxylic acids is 1. The molecule has 1 atom stereocenters. The highest BCUT2D eigenvalue weighted by atomic mass is 32.2. The van der Waals surface area contributed by atoms with Crippen LogP contribution in [0.2, 0.25) is 0 Å². The quantitative estimate of drug-likeness (QED) is 0.432. The van der Waals surface area contributed by atoms with E-state index in [1.54, 1.807) is 19.2 Å². The van der Waals surface area contributed by atoms with Crippen molar-refractivity contribution < 1.29 is 13.2 Å². The zero-order valence-corrected chi connectivity index (χ0v) is 21.4. The average Bonchev–Trinajstić information content (AvgIpc) is 3.32. The molecule has 0 radical (unpaired) electrons. The van der Waals surface area contributed by atoms with Crippen LogP contribution in [0.5, 0.6) is 0 Å². The van der Waals surface area contributed by atoms with Gasteiger partial charge in [0, 0.05) is 56.4 Å². The van der Waals surface area contributed by atoms with Crippen LogP contribution in [-0.4, -0.2) is 76.2 Å². The van der Waals surface area contributed by atoms with Gasteiger partial charge in [-0.3, -0.25) is 4.79 Å². The van der Waals surface area contributed by atoms with Gasteiger partial charge in [-0.1, -0.05) is 18.2 Å². The second kappa shape index (κ2) is 9.01. The third-order valence-corrected chi connectivity index (χ3v) is 7.31. The fourth-order valence-corrected chi connectivity index (χ4v) is 5.01. The minimum atomic E-state index is -3.62. The van der Waals surface area contributed by atoms with E-state index in [0.29, 0.717) is 31.8 Å².